The Morgan fingerprint density at radius 1 is 1.29 bits per heavy atom. The molecule has 0 amide bonds. The third-order valence-corrected chi connectivity index (χ3v) is 2.20. The molecule has 0 spiro atoms. The van der Waals surface area contributed by atoms with Gasteiger partial charge < -0.3 is 9.47 Å². The van der Waals surface area contributed by atoms with Gasteiger partial charge in [0.1, 0.15) is 0 Å². The average Bonchev–Trinajstić information content (AvgIpc) is 1.97. The van der Waals surface area contributed by atoms with Crippen molar-refractivity contribution in [2.75, 3.05) is 32.8 Å². The molecule has 0 saturated carbocycles. The second kappa shape index (κ2) is 5.10. The molecule has 0 N–H and O–H groups in total. The van der Waals surface area contributed by atoms with E-state index in [2.05, 4.69) is 25.7 Å². The molecule has 3 nitrogen and oxygen atoms in total. The summed E-state index contributed by atoms with van der Waals surface area (Å²) in [5, 5.41) is 0. The van der Waals surface area contributed by atoms with Crippen LogP contribution in [0.5, 0.6) is 0 Å². The first kappa shape index (κ1) is 12.0. The minimum absolute atomic E-state index is 0.00330. The van der Waals surface area contributed by atoms with E-state index >= 15 is 0 Å². The van der Waals surface area contributed by atoms with E-state index in [0.29, 0.717) is 6.10 Å². The van der Waals surface area contributed by atoms with Gasteiger partial charge >= 0.3 is 0 Å². The van der Waals surface area contributed by atoms with E-state index in [9.17, 15) is 0 Å². The fraction of sp³-hybridized carbons (Fsp3) is 1.00. The van der Waals surface area contributed by atoms with Crippen LogP contribution < -0.4 is 0 Å². The zero-order chi connectivity index (χ0) is 10.6. The maximum absolute atomic E-state index is 5.83. The van der Waals surface area contributed by atoms with Crippen molar-refractivity contribution < 1.29 is 9.47 Å². The number of nitrogens with zero attached hydrogens (tertiary/aromatic N) is 1. The molecule has 0 atom stereocenters. The van der Waals surface area contributed by atoms with Crippen LogP contribution in [0.15, 0.2) is 0 Å². The van der Waals surface area contributed by atoms with Gasteiger partial charge in [0.25, 0.3) is 0 Å². The van der Waals surface area contributed by atoms with Gasteiger partial charge in [-0.05, 0) is 27.7 Å². The third kappa shape index (κ3) is 4.40. The van der Waals surface area contributed by atoms with E-state index in [1.54, 1.807) is 0 Å². The smallest absolute Gasteiger partial charge is 0.0835 e. The normalized spacial score (nSPS) is 19.7. The molecule has 0 radical (unpaired) electrons. The molecule has 0 bridgehead atoms. The molecule has 0 aromatic heterocycles. The van der Waals surface area contributed by atoms with Crippen LogP contribution in [0.2, 0.25) is 0 Å². The summed E-state index contributed by atoms with van der Waals surface area (Å²) < 4.78 is 11.1. The number of ether oxygens (including phenoxy) is 2. The van der Waals surface area contributed by atoms with Crippen molar-refractivity contribution in [2.45, 2.75) is 39.4 Å². The Balaban J connectivity index is 2.00. The van der Waals surface area contributed by atoms with Crippen LogP contribution in [0, 0.1) is 0 Å². The van der Waals surface area contributed by atoms with E-state index < -0.39 is 0 Å². The van der Waals surface area contributed by atoms with Gasteiger partial charge in [-0.25, -0.2) is 0 Å². The minimum atomic E-state index is -0.00330. The molecule has 0 aromatic carbocycles. The Kier molecular flexibility index (Phi) is 4.35. The Labute approximate surface area is 87.4 Å². The summed E-state index contributed by atoms with van der Waals surface area (Å²) in [5.74, 6) is 0. The maximum atomic E-state index is 5.83. The van der Waals surface area contributed by atoms with Crippen molar-refractivity contribution in [3.8, 4) is 0 Å². The monoisotopic (exact) mass is 201 g/mol. The quantitative estimate of drug-likeness (QED) is 0.630. The van der Waals surface area contributed by atoms with Gasteiger partial charge in [0, 0.05) is 26.2 Å². The van der Waals surface area contributed by atoms with E-state index in [-0.39, 0.29) is 5.60 Å². The average molecular weight is 201 g/mol. The van der Waals surface area contributed by atoms with Gasteiger partial charge in [-0.1, -0.05) is 0 Å². The molecule has 1 heterocycles. The summed E-state index contributed by atoms with van der Waals surface area (Å²) in [5.41, 5.74) is -0.00330. The maximum Gasteiger partial charge on any atom is 0.0835 e. The lowest BCUT2D eigenvalue weighted by Crippen LogP contribution is -2.55. The Morgan fingerprint density at radius 3 is 2.43 bits per heavy atom. The van der Waals surface area contributed by atoms with Crippen LogP contribution in [-0.2, 0) is 9.47 Å². The van der Waals surface area contributed by atoms with E-state index in [4.69, 9.17) is 9.47 Å². The predicted molar refractivity (Wildman–Crippen MR) is 57.6 cm³/mol. The van der Waals surface area contributed by atoms with Crippen LogP contribution in [-0.4, -0.2) is 49.5 Å². The largest absolute Gasteiger partial charge is 0.380 e. The van der Waals surface area contributed by atoms with Crippen molar-refractivity contribution in [2.24, 2.45) is 0 Å². The fourth-order valence-electron chi connectivity index (χ4n) is 1.62. The van der Waals surface area contributed by atoms with Gasteiger partial charge in [-0.15, -0.1) is 0 Å². The molecule has 1 aliphatic heterocycles. The predicted octanol–water partition coefficient (Wildman–Crippen LogP) is 1.52. The second-order valence-corrected chi connectivity index (χ2v) is 4.81. The molecule has 0 aromatic rings. The molecular formula is C11H23NO2. The number of likely N-dealkylation sites (tertiary alicyclic amines) is 1. The van der Waals surface area contributed by atoms with Gasteiger partial charge in [0.2, 0.25) is 0 Å². The molecular weight excluding hydrogens is 178 g/mol. The zero-order valence-electron chi connectivity index (χ0n) is 9.88. The summed E-state index contributed by atoms with van der Waals surface area (Å²) in [4.78, 5) is 2.37. The molecule has 1 fully saturated rings. The lowest BCUT2D eigenvalue weighted by molar-refractivity contribution is -0.126. The Bertz CT molecular complexity index is 159. The first-order valence-electron chi connectivity index (χ1n) is 5.49. The first-order valence-corrected chi connectivity index (χ1v) is 5.49. The van der Waals surface area contributed by atoms with Crippen LogP contribution in [0.25, 0.3) is 0 Å². The van der Waals surface area contributed by atoms with Crippen molar-refractivity contribution in [1.82, 2.24) is 4.90 Å². The van der Waals surface area contributed by atoms with Gasteiger partial charge in [-0.3, -0.25) is 4.90 Å². The molecule has 3 heteroatoms. The van der Waals surface area contributed by atoms with Crippen molar-refractivity contribution in [1.29, 1.82) is 0 Å². The molecule has 1 saturated heterocycles. The second-order valence-electron chi connectivity index (χ2n) is 4.81. The standard InChI is InChI=1S/C11H23NO2/c1-5-13-7-6-12-8-10(9-12)14-11(2,3)4/h10H,5-9H2,1-4H3. The van der Waals surface area contributed by atoms with Crippen LogP contribution in [0.4, 0.5) is 0 Å². The van der Waals surface area contributed by atoms with Crippen LogP contribution in [0.1, 0.15) is 27.7 Å². The molecule has 1 aliphatic rings. The highest BCUT2D eigenvalue weighted by molar-refractivity contribution is 4.82. The first-order chi connectivity index (χ1) is 6.51. The highest BCUT2D eigenvalue weighted by Gasteiger charge is 2.30. The van der Waals surface area contributed by atoms with Crippen LogP contribution in [0.3, 0.4) is 0 Å². The fourth-order valence-corrected chi connectivity index (χ4v) is 1.62. The van der Waals surface area contributed by atoms with E-state index in [1.165, 1.54) is 0 Å². The summed E-state index contributed by atoms with van der Waals surface area (Å²) >= 11 is 0. The lowest BCUT2D eigenvalue weighted by Gasteiger charge is -2.42. The third-order valence-electron chi connectivity index (χ3n) is 2.20. The number of hydrogen-bond donors (Lipinski definition) is 0. The van der Waals surface area contributed by atoms with E-state index in [0.717, 1.165) is 32.8 Å². The highest BCUT2D eigenvalue weighted by Crippen LogP contribution is 2.18. The summed E-state index contributed by atoms with van der Waals surface area (Å²) in [6.07, 6.45) is 0.427. The lowest BCUT2D eigenvalue weighted by atomic mass is 10.1. The molecule has 1 rings (SSSR count). The van der Waals surface area contributed by atoms with Crippen LogP contribution >= 0.6 is 0 Å². The summed E-state index contributed by atoms with van der Waals surface area (Å²) in [6, 6.07) is 0. The minimum Gasteiger partial charge on any atom is -0.380 e. The van der Waals surface area contributed by atoms with Gasteiger partial charge in [-0.2, -0.15) is 0 Å². The molecule has 84 valence electrons. The van der Waals surface area contributed by atoms with E-state index in [1.807, 2.05) is 6.92 Å². The zero-order valence-corrected chi connectivity index (χ0v) is 9.88. The molecule has 0 unspecified atom stereocenters. The molecule has 0 aliphatic carbocycles. The van der Waals surface area contributed by atoms with Crippen molar-refractivity contribution >= 4 is 0 Å². The van der Waals surface area contributed by atoms with Gasteiger partial charge in [0.15, 0.2) is 0 Å². The Hall–Kier alpha value is -0.120. The summed E-state index contributed by atoms with van der Waals surface area (Å²) in [7, 11) is 0. The Morgan fingerprint density at radius 2 is 1.93 bits per heavy atom. The highest BCUT2D eigenvalue weighted by atomic mass is 16.5. The SMILES string of the molecule is CCOCCN1CC(OC(C)(C)C)C1. The van der Waals surface area contributed by atoms with Crippen molar-refractivity contribution in [3.63, 3.8) is 0 Å². The number of hydrogen-bond acceptors (Lipinski definition) is 3. The van der Waals surface area contributed by atoms with Crippen molar-refractivity contribution in [3.05, 3.63) is 0 Å². The van der Waals surface area contributed by atoms with Gasteiger partial charge in [0.05, 0.1) is 18.3 Å². The summed E-state index contributed by atoms with van der Waals surface area (Å²) in [6.45, 7) is 13.2. The number of rotatable bonds is 5. The topological polar surface area (TPSA) is 21.7 Å². The molecule has 14 heavy (non-hydrogen) atoms.